The third-order valence-corrected chi connectivity index (χ3v) is 4.96. The van der Waals surface area contributed by atoms with E-state index < -0.39 is 21.4 Å². The van der Waals surface area contributed by atoms with Crippen LogP contribution >= 0.6 is 0 Å². The molecule has 0 unspecified atom stereocenters. The Balaban J connectivity index is 2.12. The second-order valence-corrected chi connectivity index (χ2v) is 6.82. The van der Waals surface area contributed by atoms with Gasteiger partial charge >= 0.3 is 0 Å². The lowest BCUT2D eigenvalue weighted by molar-refractivity contribution is 0.0532. The third kappa shape index (κ3) is 3.28. The molecule has 20 heavy (non-hydrogen) atoms. The molecule has 0 atom stereocenters. The molecule has 2 rings (SSSR count). The topological polar surface area (TPSA) is 75.6 Å². The summed E-state index contributed by atoms with van der Waals surface area (Å²) in [6, 6.07) is 3.43. The van der Waals surface area contributed by atoms with Crippen LogP contribution < -0.4 is 9.46 Å². The summed E-state index contributed by atoms with van der Waals surface area (Å²) in [4.78, 5) is -0.183. The Morgan fingerprint density at radius 2 is 2.05 bits per heavy atom. The molecular weight excluding hydrogens is 285 g/mol. The number of ether oxygens (including phenoxy) is 1. The van der Waals surface area contributed by atoms with Gasteiger partial charge in [-0.3, -0.25) is 0 Å². The monoisotopic (exact) mass is 303 g/mol. The van der Waals surface area contributed by atoms with Gasteiger partial charge in [0.15, 0.2) is 11.6 Å². The molecule has 0 heterocycles. The minimum atomic E-state index is -3.84. The van der Waals surface area contributed by atoms with E-state index in [4.69, 9.17) is 4.74 Å². The van der Waals surface area contributed by atoms with Crippen molar-refractivity contribution >= 4 is 10.0 Å². The summed E-state index contributed by atoms with van der Waals surface area (Å²) in [5.74, 6) is -0.756. The summed E-state index contributed by atoms with van der Waals surface area (Å²) in [6.07, 6.45) is 2.92. The van der Waals surface area contributed by atoms with E-state index in [0.717, 1.165) is 18.9 Å². The van der Waals surface area contributed by atoms with Gasteiger partial charge in [-0.05, 0) is 31.0 Å². The Bertz CT molecular complexity index is 582. The minimum absolute atomic E-state index is 0.0154. The number of nitrogens with one attached hydrogen (secondary N) is 1. The fourth-order valence-corrected chi connectivity index (χ4v) is 3.47. The van der Waals surface area contributed by atoms with Crippen molar-refractivity contribution in [1.29, 1.82) is 0 Å². The molecule has 0 saturated heterocycles. The van der Waals surface area contributed by atoms with Gasteiger partial charge < -0.3 is 9.84 Å². The minimum Gasteiger partial charge on any atom is -0.494 e. The summed E-state index contributed by atoms with van der Waals surface area (Å²) in [5.41, 5.74) is -0.988. The molecule has 1 fully saturated rings. The molecule has 0 radical (unpaired) electrons. The van der Waals surface area contributed by atoms with Gasteiger partial charge in [0.05, 0.1) is 17.6 Å². The second-order valence-electron chi connectivity index (χ2n) is 5.05. The highest BCUT2D eigenvalue weighted by Crippen LogP contribution is 2.29. The van der Waals surface area contributed by atoms with Crippen LogP contribution in [0.25, 0.3) is 0 Å². The standard InChI is InChI=1S/C13H18FNO4S/c1-19-12-5-4-10(8-11(12)14)20(17,18)15-9-13(16)6-2-3-7-13/h4-5,8,15-16H,2-3,6-7,9H2,1H3. The van der Waals surface area contributed by atoms with Crippen molar-refractivity contribution in [2.75, 3.05) is 13.7 Å². The summed E-state index contributed by atoms with van der Waals surface area (Å²) in [7, 11) is -2.53. The van der Waals surface area contributed by atoms with E-state index in [0.29, 0.717) is 12.8 Å². The second kappa shape index (κ2) is 5.67. The zero-order valence-electron chi connectivity index (χ0n) is 11.2. The van der Waals surface area contributed by atoms with E-state index >= 15 is 0 Å². The lowest BCUT2D eigenvalue weighted by atomic mass is 10.0. The van der Waals surface area contributed by atoms with Crippen LogP contribution in [-0.2, 0) is 10.0 Å². The Hall–Kier alpha value is -1.18. The van der Waals surface area contributed by atoms with Gasteiger partial charge in [0, 0.05) is 6.54 Å². The van der Waals surface area contributed by atoms with Crippen molar-refractivity contribution in [1.82, 2.24) is 4.72 Å². The number of benzene rings is 1. The van der Waals surface area contributed by atoms with Crippen molar-refractivity contribution in [2.24, 2.45) is 0 Å². The van der Waals surface area contributed by atoms with Crippen LogP contribution in [0.3, 0.4) is 0 Å². The molecule has 1 aromatic carbocycles. The first-order valence-corrected chi connectivity index (χ1v) is 7.90. The van der Waals surface area contributed by atoms with Crippen LogP contribution in [0.4, 0.5) is 4.39 Å². The zero-order chi connectivity index (χ0) is 14.8. The molecule has 2 N–H and O–H groups in total. The van der Waals surface area contributed by atoms with E-state index in [1.54, 1.807) is 0 Å². The fraction of sp³-hybridized carbons (Fsp3) is 0.538. The average Bonchev–Trinajstić information content (AvgIpc) is 2.84. The highest BCUT2D eigenvalue weighted by molar-refractivity contribution is 7.89. The highest BCUT2D eigenvalue weighted by atomic mass is 32.2. The normalized spacial score (nSPS) is 18.1. The Morgan fingerprint density at radius 3 is 2.60 bits per heavy atom. The van der Waals surface area contributed by atoms with Crippen LogP contribution in [0.1, 0.15) is 25.7 Å². The molecule has 7 heteroatoms. The van der Waals surface area contributed by atoms with Crippen LogP contribution in [-0.4, -0.2) is 32.8 Å². The molecule has 0 bridgehead atoms. The number of hydrogen-bond acceptors (Lipinski definition) is 4. The van der Waals surface area contributed by atoms with Crippen molar-refractivity contribution in [2.45, 2.75) is 36.2 Å². The van der Waals surface area contributed by atoms with Gasteiger partial charge in [-0.15, -0.1) is 0 Å². The van der Waals surface area contributed by atoms with Crippen molar-refractivity contribution < 1.29 is 22.7 Å². The SMILES string of the molecule is COc1ccc(S(=O)(=O)NCC2(O)CCCC2)cc1F. The quantitative estimate of drug-likeness (QED) is 0.862. The average molecular weight is 303 g/mol. The molecule has 1 aliphatic rings. The summed E-state index contributed by atoms with van der Waals surface area (Å²) < 4.78 is 44.7. The lowest BCUT2D eigenvalue weighted by Crippen LogP contribution is -2.40. The van der Waals surface area contributed by atoms with Crippen molar-refractivity contribution in [3.63, 3.8) is 0 Å². The van der Waals surface area contributed by atoms with Gasteiger partial charge in [-0.2, -0.15) is 0 Å². The summed E-state index contributed by atoms with van der Waals surface area (Å²) in [6.45, 7) is -0.0526. The Labute approximate surface area is 117 Å². The Morgan fingerprint density at radius 1 is 1.40 bits per heavy atom. The van der Waals surface area contributed by atoms with E-state index in [1.807, 2.05) is 0 Å². The highest BCUT2D eigenvalue weighted by Gasteiger charge is 2.32. The van der Waals surface area contributed by atoms with E-state index in [1.165, 1.54) is 19.2 Å². The number of rotatable bonds is 5. The first kappa shape index (κ1) is 15.2. The van der Waals surface area contributed by atoms with Crippen LogP contribution in [0.5, 0.6) is 5.75 Å². The Kier molecular flexibility index (Phi) is 4.31. The molecule has 5 nitrogen and oxygen atoms in total. The van der Waals surface area contributed by atoms with Gasteiger partial charge in [-0.25, -0.2) is 17.5 Å². The predicted molar refractivity (Wildman–Crippen MR) is 71.6 cm³/mol. The van der Waals surface area contributed by atoms with Gasteiger partial charge in [0.25, 0.3) is 0 Å². The largest absolute Gasteiger partial charge is 0.494 e. The van der Waals surface area contributed by atoms with Crippen LogP contribution in [0, 0.1) is 5.82 Å². The van der Waals surface area contributed by atoms with E-state index in [-0.39, 0.29) is 17.2 Å². The lowest BCUT2D eigenvalue weighted by Gasteiger charge is -2.22. The number of aliphatic hydroxyl groups is 1. The molecule has 112 valence electrons. The maximum Gasteiger partial charge on any atom is 0.240 e. The van der Waals surface area contributed by atoms with Crippen molar-refractivity contribution in [3.05, 3.63) is 24.0 Å². The maximum atomic E-state index is 13.5. The molecule has 0 spiro atoms. The van der Waals surface area contributed by atoms with Crippen LogP contribution in [0.15, 0.2) is 23.1 Å². The number of sulfonamides is 1. The molecule has 0 aliphatic heterocycles. The van der Waals surface area contributed by atoms with Gasteiger partial charge in [0.2, 0.25) is 10.0 Å². The molecule has 1 saturated carbocycles. The first-order chi connectivity index (χ1) is 9.36. The molecular formula is C13H18FNO4S. The van der Waals surface area contributed by atoms with E-state index in [9.17, 15) is 17.9 Å². The molecule has 1 aliphatic carbocycles. The zero-order valence-corrected chi connectivity index (χ0v) is 12.0. The van der Waals surface area contributed by atoms with Crippen molar-refractivity contribution in [3.8, 4) is 5.75 Å². The number of hydrogen-bond donors (Lipinski definition) is 2. The molecule has 0 amide bonds. The number of halogens is 1. The maximum absolute atomic E-state index is 13.5. The first-order valence-electron chi connectivity index (χ1n) is 6.42. The van der Waals surface area contributed by atoms with E-state index in [2.05, 4.69) is 4.72 Å². The molecule has 0 aromatic heterocycles. The summed E-state index contributed by atoms with van der Waals surface area (Å²) >= 11 is 0. The smallest absolute Gasteiger partial charge is 0.240 e. The molecule has 1 aromatic rings. The number of methoxy groups -OCH3 is 1. The van der Waals surface area contributed by atoms with Gasteiger partial charge in [0.1, 0.15) is 0 Å². The predicted octanol–water partition coefficient (Wildman–Crippen LogP) is 1.42. The third-order valence-electron chi connectivity index (χ3n) is 3.56. The summed E-state index contributed by atoms with van der Waals surface area (Å²) in [5, 5.41) is 10.1. The van der Waals surface area contributed by atoms with Gasteiger partial charge in [-0.1, -0.05) is 12.8 Å². The fourth-order valence-electron chi connectivity index (χ4n) is 2.34. The van der Waals surface area contributed by atoms with Crippen LogP contribution in [0.2, 0.25) is 0 Å².